The quantitative estimate of drug-likeness (QED) is 0.565. The number of aliphatic hydroxyl groups is 1. The Labute approximate surface area is 89.9 Å². The van der Waals surface area contributed by atoms with Crippen LogP contribution in [-0.4, -0.2) is 28.7 Å². The van der Waals surface area contributed by atoms with E-state index in [0.29, 0.717) is 12.8 Å². The van der Waals surface area contributed by atoms with Gasteiger partial charge in [-0.1, -0.05) is 13.3 Å². The Morgan fingerprint density at radius 2 is 2.00 bits per heavy atom. The predicted molar refractivity (Wildman–Crippen MR) is 56.0 cm³/mol. The van der Waals surface area contributed by atoms with Gasteiger partial charge in [-0.2, -0.15) is 0 Å². The molecule has 1 atom stereocenters. The smallest absolute Gasteiger partial charge is 0.340 e. The molecule has 86 valence electrons. The topological polar surface area (TPSA) is 63.6 Å². The zero-order chi connectivity index (χ0) is 12.1. The summed E-state index contributed by atoms with van der Waals surface area (Å²) in [5.74, 6) is 0.788. The fourth-order valence-electron chi connectivity index (χ4n) is 1.01. The molecule has 0 saturated carbocycles. The third kappa shape index (κ3) is 5.35. The van der Waals surface area contributed by atoms with Gasteiger partial charge in [0.15, 0.2) is 6.10 Å². The summed E-state index contributed by atoms with van der Waals surface area (Å²) in [6.07, 6.45) is -0.462. The van der Waals surface area contributed by atoms with E-state index in [-0.39, 0.29) is 5.57 Å². The minimum Gasteiger partial charge on any atom is -0.458 e. The number of aliphatic hydroxyl groups excluding tert-OH is 1. The molecule has 0 rings (SSSR count). The van der Waals surface area contributed by atoms with Crippen molar-refractivity contribution in [3.8, 4) is 0 Å². The van der Waals surface area contributed by atoms with E-state index < -0.39 is 17.7 Å². The highest BCUT2D eigenvalue weighted by molar-refractivity contribution is 5.81. The lowest BCUT2D eigenvalue weighted by atomic mass is 10.1. The summed E-state index contributed by atoms with van der Waals surface area (Å²) in [5.41, 5.74) is -0.620. The second-order valence-electron chi connectivity index (χ2n) is 4.31. The average molecular weight is 214 g/mol. The van der Waals surface area contributed by atoms with Gasteiger partial charge in [-0.05, 0) is 27.2 Å². The number of ether oxygens (including phenoxy) is 1. The van der Waals surface area contributed by atoms with E-state index in [2.05, 4.69) is 0 Å². The average Bonchev–Trinajstić information content (AvgIpc) is 2.10. The third-order valence-corrected chi connectivity index (χ3v) is 1.61. The van der Waals surface area contributed by atoms with Gasteiger partial charge in [-0.15, -0.1) is 0 Å². The molecule has 0 aromatic rings. The van der Waals surface area contributed by atoms with E-state index in [1.54, 1.807) is 26.7 Å². The number of hydrogen-bond acceptors (Lipinski definition) is 4. The van der Waals surface area contributed by atoms with Crippen LogP contribution in [0.4, 0.5) is 0 Å². The Bertz CT molecular complexity index is 269. The van der Waals surface area contributed by atoms with Crippen LogP contribution in [0.15, 0.2) is 5.57 Å². The van der Waals surface area contributed by atoms with Crippen molar-refractivity contribution in [2.45, 2.75) is 52.2 Å². The number of carbonyl (C=O) groups excluding carboxylic acids is 2. The Kier molecular flexibility index (Phi) is 5.26. The maximum atomic E-state index is 11.4. The van der Waals surface area contributed by atoms with Crippen LogP contribution in [0.5, 0.6) is 0 Å². The van der Waals surface area contributed by atoms with Crippen LogP contribution in [0, 0.1) is 0 Å². The second kappa shape index (κ2) is 5.69. The van der Waals surface area contributed by atoms with Crippen LogP contribution >= 0.6 is 0 Å². The maximum Gasteiger partial charge on any atom is 0.340 e. The molecule has 0 fully saturated rings. The van der Waals surface area contributed by atoms with E-state index >= 15 is 0 Å². The largest absolute Gasteiger partial charge is 0.458 e. The van der Waals surface area contributed by atoms with E-state index in [4.69, 9.17) is 4.74 Å². The first-order valence-electron chi connectivity index (χ1n) is 4.96. The van der Waals surface area contributed by atoms with E-state index in [1.165, 1.54) is 0 Å². The summed E-state index contributed by atoms with van der Waals surface area (Å²) < 4.78 is 4.94. The molecule has 1 unspecified atom stereocenters. The van der Waals surface area contributed by atoms with Gasteiger partial charge in [-0.25, -0.2) is 9.59 Å². The lowest BCUT2D eigenvalue weighted by Gasteiger charge is -2.21. The minimum atomic E-state index is -1.48. The number of esters is 1. The number of carbonyl (C=O) groups is 1. The molecule has 0 aliphatic heterocycles. The maximum absolute atomic E-state index is 11.4. The third-order valence-electron chi connectivity index (χ3n) is 1.61. The summed E-state index contributed by atoms with van der Waals surface area (Å²) in [5, 5.41) is 9.50. The molecule has 0 bridgehead atoms. The van der Waals surface area contributed by atoms with Crippen molar-refractivity contribution in [1.82, 2.24) is 0 Å². The van der Waals surface area contributed by atoms with Gasteiger partial charge in [0.05, 0.1) is 5.57 Å². The van der Waals surface area contributed by atoms with E-state index in [0.717, 1.165) is 0 Å². The summed E-state index contributed by atoms with van der Waals surface area (Å²) in [7, 11) is 0. The predicted octanol–water partition coefficient (Wildman–Crippen LogP) is 1.25. The molecule has 0 aliphatic carbocycles. The summed E-state index contributed by atoms with van der Waals surface area (Å²) in [6.45, 7) is 6.93. The van der Waals surface area contributed by atoms with Crippen LogP contribution in [0.1, 0.15) is 40.5 Å². The van der Waals surface area contributed by atoms with Crippen molar-refractivity contribution in [3.63, 3.8) is 0 Å². The molecular weight excluding hydrogens is 196 g/mol. The molecule has 0 saturated heterocycles. The standard InChI is InChI=1S/C11H18O4/c1-5-6-8(7-12)9(13)10(14)15-11(2,3)4/h9,13H,5-6H2,1-4H3. The highest BCUT2D eigenvalue weighted by atomic mass is 16.6. The normalized spacial score (nSPS) is 12.9. The summed E-state index contributed by atoms with van der Waals surface area (Å²) >= 11 is 0. The van der Waals surface area contributed by atoms with Crippen LogP contribution in [0.25, 0.3) is 0 Å². The van der Waals surface area contributed by atoms with Crippen molar-refractivity contribution in [1.29, 1.82) is 0 Å². The second-order valence-corrected chi connectivity index (χ2v) is 4.31. The molecule has 4 nitrogen and oxygen atoms in total. The van der Waals surface area contributed by atoms with Gasteiger partial charge in [0.1, 0.15) is 11.5 Å². The van der Waals surface area contributed by atoms with Gasteiger partial charge >= 0.3 is 5.97 Å². The van der Waals surface area contributed by atoms with Crippen molar-refractivity contribution in [2.24, 2.45) is 0 Å². The Hall–Kier alpha value is -1.12. The van der Waals surface area contributed by atoms with Crippen molar-refractivity contribution < 1.29 is 19.4 Å². The molecule has 1 N–H and O–H groups in total. The molecular formula is C11H18O4. The van der Waals surface area contributed by atoms with Crippen LogP contribution in [0.2, 0.25) is 0 Å². The van der Waals surface area contributed by atoms with Crippen LogP contribution < -0.4 is 0 Å². The summed E-state index contributed by atoms with van der Waals surface area (Å²) in [6, 6.07) is 0. The molecule has 0 aromatic heterocycles. The fourth-order valence-corrected chi connectivity index (χ4v) is 1.01. The van der Waals surface area contributed by atoms with Gasteiger partial charge in [0.2, 0.25) is 0 Å². The van der Waals surface area contributed by atoms with Gasteiger partial charge in [0.25, 0.3) is 0 Å². The van der Waals surface area contributed by atoms with E-state index in [9.17, 15) is 14.7 Å². The van der Waals surface area contributed by atoms with Gasteiger partial charge < -0.3 is 9.84 Å². The molecule has 15 heavy (non-hydrogen) atoms. The monoisotopic (exact) mass is 214 g/mol. The lowest BCUT2D eigenvalue weighted by Crippen LogP contribution is -2.33. The minimum absolute atomic E-state index is 0.0479. The molecule has 4 heteroatoms. The molecule has 0 aliphatic rings. The molecule has 0 heterocycles. The Balaban J connectivity index is 4.50. The number of hydrogen-bond donors (Lipinski definition) is 1. The molecule has 0 amide bonds. The van der Waals surface area contributed by atoms with Crippen molar-refractivity contribution in [3.05, 3.63) is 5.57 Å². The van der Waals surface area contributed by atoms with Crippen LogP contribution in [0.3, 0.4) is 0 Å². The van der Waals surface area contributed by atoms with E-state index in [1.807, 2.05) is 6.92 Å². The van der Waals surface area contributed by atoms with Gasteiger partial charge in [0, 0.05) is 0 Å². The van der Waals surface area contributed by atoms with Crippen molar-refractivity contribution in [2.75, 3.05) is 0 Å². The first-order chi connectivity index (χ1) is 6.81. The first-order valence-corrected chi connectivity index (χ1v) is 4.96. The molecule has 0 spiro atoms. The fraction of sp³-hybridized carbons (Fsp3) is 0.727. The Morgan fingerprint density at radius 3 is 2.33 bits per heavy atom. The lowest BCUT2D eigenvalue weighted by molar-refractivity contribution is -0.162. The number of rotatable bonds is 4. The highest BCUT2D eigenvalue weighted by Gasteiger charge is 2.26. The zero-order valence-electron chi connectivity index (χ0n) is 9.66. The first kappa shape index (κ1) is 13.9. The van der Waals surface area contributed by atoms with Crippen molar-refractivity contribution >= 4 is 11.9 Å². The Morgan fingerprint density at radius 1 is 1.47 bits per heavy atom. The highest BCUT2D eigenvalue weighted by Crippen LogP contribution is 2.13. The van der Waals surface area contributed by atoms with Gasteiger partial charge in [-0.3, -0.25) is 0 Å². The zero-order valence-corrected chi connectivity index (χ0v) is 9.66. The molecule has 0 radical (unpaired) electrons. The molecule has 0 aromatic carbocycles. The summed E-state index contributed by atoms with van der Waals surface area (Å²) in [4.78, 5) is 21.8. The van der Waals surface area contributed by atoms with Crippen LogP contribution in [-0.2, 0) is 14.3 Å². The SMILES string of the molecule is CCCC(=C=O)C(O)C(=O)OC(C)(C)C.